The molecule has 0 aromatic heterocycles. The topological polar surface area (TPSA) is 70.6 Å². The van der Waals surface area contributed by atoms with Crippen LogP contribution in [0.4, 0.5) is 4.79 Å². The predicted molar refractivity (Wildman–Crippen MR) is 92.7 cm³/mol. The van der Waals surface area contributed by atoms with E-state index in [9.17, 15) is 9.90 Å². The Morgan fingerprint density at radius 2 is 2.04 bits per heavy atom. The standard InChI is InChI=1S/C18H30N2O3/c1-6-23-16-9-13(2)7-8-15(16)11-19-17(22)20-12-18(4,5)10-14(3)21/h7-9,14,21H,6,10-12H2,1-5H3,(H2,19,20,22). The van der Waals surface area contributed by atoms with E-state index in [4.69, 9.17) is 4.74 Å². The summed E-state index contributed by atoms with van der Waals surface area (Å²) in [4.78, 5) is 12.0. The van der Waals surface area contributed by atoms with Crippen molar-refractivity contribution in [1.82, 2.24) is 10.6 Å². The summed E-state index contributed by atoms with van der Waals surface area (Å²) in [6.07, 6.45) is 0.260. The number of amides is 2. The highest BCUT2D eigenvalue weighted by molar-refractivity contribution is 5.73. The van der Waals surface area contributed by atoms with Gasteiger partial charge in [0.25, 0.3) is 0 Å². The number of carbonyl (C=O) groups is 1. The van der Waals surface area contributed by atoms with Gasteiger partial charge in [-0.15, -0.1) is 0 Å². The molecule has 0 saturated heterocycles. The number of benzene rings is 1. The average molecular weight is 322 g/mol. The molecule has 0 spiro atoms. The Morgan fingerprint density at radius 3 is 2.65 bits per heavy atom. The summed E-state index contributed by atoms with van der Waals surface area (Å²) in [6, 6.07) is 5.73. The van der Waals surface area contributed by atoms with E-state index in [-0.39, 0.29) is 17.6 Å². The van der Waals surface area contributed by atoms with Gasteiger partial charge in [-0.3, -0.25) is 0 Å². The first-order valence-corrected chi connectivity index (χ1v) is 8.15. The van der Waals surface area contributed by atoms with Crippen molar-refractivity contribution in [3.8, 4) is 5.75 Å². The Balaban J connectivity index is 2.50. The van der Waals surface area contributed by atoms with E-state index in [1.165, 1.54) is 0 Å². The molecule has 0 saturated carbocycles. The van der Waals surface area contributed by atoms with E-state index in [0.717, 1.165) is 16.9 Å². The SMILES string of the molecule is CCOc1cc(C)ccc1CNC(=O)NCC(C)(C)CC(C)O. The lowest BCUT2D eigenvalue weighted by molar-refractivity contribution is 0.129. The van der Waals surface area contributed by atoms with Crippen molar-refractivity contribution in [3.63, 3.8) is 0 Å². The molecule has 1 rings (SSSR count). The Bertz CT molecular complexity index is 513. The maximum absolute atomic E-state index is 12.0. The Kier molecular flexibility index (Phi) is 7.36. The molecule has 0 bridgehead atoms. The van der Waals surface area contributed by atoms with Crippen LogP contribution < -0.4 is 15.4 Å². The van der Waals surface area contributed by atoms with E-state index < -0.39 is 0 Å². The van der Waals surface area contributed by atoms with Crippen LogP contribution in [0.3, 0.4) is 0 Å². The fourth-order valence-corrected chi connectivity index (χ4v) is 2.53. The van der Waals surface area contributed by atoms with E-state index >= 15 is 0 Å². The van der Waals surface area contributed by atoms with Crippen LogP contribution in [0.5, 0.6) is 5.75 Å². The summed E-state index contributed by atoms with van der Waals surface area (Å²) in [5, 5.41) is 15.2. The van der Waals surface area contributed by atoms with Gasteiger partial charge in [0, 0.05) is 18.7 Å². The van der Waals surface area contributed by atoms with Gasteiger partial charge in [0.1, 0.15) is 5.75 Å². The fraction of sp³-hybridized carbons (Fsp3) is 0.611. The van der Waals surface area contributed by atoms with Gasteiger partial charge in [-0.05, 0) is 44.2 Å². The minimum atomic E-state index is -0.379. The molecule has 5 nitrogen and oxygen atoms in total. The third kappa shape index (κ3) is 7.37. The molecule has 2 amide bonds. The lowest BCUT2D eigenvalue weighted by Crippen LogP contribution is -2.41. The number of nitrogens with one attached hydrogen (secondary N) is 2. The van der Waals surface area contributed by atoms with Gasteiger partial charge in [-0.2, -0.15) is 0 Å². The number of carbonyl (C=O) groups excluding carboxylic acids is 1. The van der Waals surface area contributed by atoms with Crippen molar-refractivity contribution < 1.29 is 14.6 Å². The van der Waals surface area contributed by atoms with Crippen molar-refractivity contribution in [2.45, 2.75) is 53.7 Å². The zero-order valence-corrected chi connectivity index (χ0v) is 14.9. The first kappa shape index (κ1) is 19.3. The highest BCUT2D eigenvalue weighted by Gasteiger charge is 2.21. The zero-order valence-electron chi connectivity index (χ0n) is 14.9. The first-order valence-electron chi connectivity index (χ1n) is 8.15. The fourth-order valence-electron chi connectivity index (χ4n) is 2.53. The molecule has 0 aliphatic rings. The number of urea groups is 1. The van der Waals surface area contributed by atoms with Gasteiger partial charge in [0.15, 0.2) is 0 Å². The normalized spacial score (nSPS) is 12.6. The van der Waals surface area contributed by atoms with Gasteiger partial charge in [0.05, 0.1) is 12.7 Å². The second kappa shape index (κ2) is 8.77. The maximum atomic E-state index is 12.0. The van der Waals surface area contributed by atoms with Crippen LogP contribution in [0.2, 0.25) is 0 Å². The van der Waals surface area contributed by atoms with E-state index in [2.05, 4.69) is 10.6 Å². The molecule has 1 aromatic carbocycles. The Labute approximate surface area is 139 Å². The maximum Gasteiger partial charge on any atom is 0.315 e. The quantitative estimate of drug-likeness (QED) is 0.689. The first-order chi connectivity index (χ1) is 10.7. The molecule has 0 radical (unpaired) electrons. The van der Waals surface area contributed by atoms with Gasteiger partial charge in [0.2, 0.25) is 0 Å². The predicted octanol–water partition coefficient (Wildman–Crippen LogP) is 2.99. The van der Waals surface area contributed by atoms with Gasteiger partial charge in [-0.25, -0.2) is 4.79 Å². The van der Waals surface area contributed by atoms with E-state index in [0.29, 0.717) is 26.1 Å². The molecule has 23 heavy (non-hydrogen) atoms. The van der Waals surface area contributed by atoms with E-state index in [1.807, 2.05) is 45.9 Å². The minimum absolute atomic E-state index is 0.147. The number of aliphatic hydroxyl groups excluding tert-OH is 1. The van der Waals surface area contributed by atoms with Crippen LogP contribution in [-0.4, -0.2) is 30.4 Å². The molecule has 3 N–H and O–H groups in total. The molecule has 0 fully saturated rings. The smallest absolute Gasteiger partial charge is 0.315 e. The highest BCUT2D eigenvalue weighted by atomic mass is 16.5. The number of hydrogen-bond donors (Lipinski definition) is 3. The van der Waals surface area contributed by atoms with Crippen LogP contribution in [0.1, 0.15) is 45.2 Å². The number of rotatable bonds is 8. The minimum Gasteiger partial charge on any atom is -0.494 e. The third-order valence-electron chi connectivity index (χ3n) is 3.54. The molecule has 1 unspecified atom stereocenters. The average Bonchev–Trinajstić information content (AvgIpc) is 2.43. The molecular weight excluding hydrogens is 292 g/mol. The molecule has 5 heteroatoms. The van der Waals surface area contributed by atoms with Crippen LogP contribution in [0, 0.1) is 12.3 Å². The van der Waals surface area contributed by atoms with Crippen LogP contribution in [-0.2, 0) is 6.54 Å². The zero-order chi connectivity index (χ0) is 17.5. The van der Waals surface area contributed by atoms with Crippen molar-refractivity contribution >= 4 is 6.03 Å². The third-order valence-corrected chi connectivity index (χ3v) is 3.54. The van der Waals surface area contributed by atoms with Crippen LogP contribution >= 0.6 is 0 Å². The summed E-state index contributed by atoms with van der Waals surface area (Å²) in [7, 11) is 0. The monoisotopic (exact) mass is 322 g/mol. The second-order valence-electron chi connectivity index (χ2n) is 6.80. The molecule has 0 heterocycles. The van der Waals surface area contributed by atoms with Crippen molar-refractivity contribution in [1.29, 1.82) is 0 Å². The highest BCUT2D eigenvalue weighted by Crippen LogP contribution is 2.21. The molecule has 0 aliphatic heterocycles. The summed E-state index contributed by atoms with van der Waals surface area (Å²) in [6.45, 7) is 11.3. The molecule has 0 aliphatic carbocycles. The molecule has 1 atom stereocenters. The summed E-state index contributed by atoms with van der Waals surface area (Å²) in [5.74, 6) is 0.808. The van der Waals surface area contributed by atoms with Gasteiger partial charge in [-0.1, -0.05) is 26.0 Å². The van der Waals surface area contributed by atoms with Crippen LogP contribution in [0.15, 0.2) is 18.2 Å². The van der Waals surface area contributed by atoms with Gasteiger partial charge < -0.3 is 20.5 Å². The molecular formula is C18H30N2O3. The summed E-state index contributed by atoms with van der Waals surface area (Å²) in [5.41, 5.74) is 1.93. The number of aryl methyl sites for hydroxylation is 1. The van der Waals surface area contributed by atoms with Crippen molar-refractivity contribution in [2.24, 2.45) is 5.41 Å². The van der Waals surface area contributed by atoms with E-state index in [1.54, 1.807) is 6.92 Å². The Hall–Kier alpha value is -1.75. The summed E-state index contributed by atoms with van der Waals surface area (Å²) < 4.78 is 5.61. The van der Waals surface area contributed by atoms with Crippen molar-refractivity contribution in [3.05, 3.63) is 29.3 Å². The molecule has 1 aromatic rings. The largest absolute Gasteiger partial charge is 0.494 e. The van der Waals surface area contributed by atoms with Gasteiger partial charge >= 0.3 is 6.03 Å². The van der Waals surface area contributed by atoms with Crippen molar-refractivity contribution in [2.75, 3.05) is 13.2 Å². The number of ether oxygens (including phenoxy) is 1. The Morgan fingerprint density at radius 1 is 1.35 bits per heavy atom. The number of hydrogen-bond acceptors (Lipinski definition) is 3. The lowest BCUT2D eigenvalue weighted by Gasteiger charge is -2.26. The summed E-state index contributed by atoms with van der Waals surface area (Å²) >= 11 is 0. The lowest BCUT2D eigenvalue weighted by atomic mass is 9.87. The van der Waals surface area contributed by atoms with Crippen LogP contribution in [0.25, 0.3) is 0 Å². The second-order valence-corrected chi connectivity index (χ2v) is 6.80. The molecule has 130 valence electrons. The number of aliphatic hydroxyl groups is 1.